The van der Waals surface area contributed by atoms with Crippen molar-refractivity contribution in [2.24, 2.45) is 4.99 Å². The minimum Gasteiger partial charge on any atom is -0.396 e. The third kappa shape index (κ3) is 30.3. The Morgan fingerprint density at radius 2 is 1.36 bits per heavy atom. The van der Waals surface area contributed by atoms with Gasteiger partial charge in [-0.05, 0) is 0 Å². The van der Waals surface area contributed by atoms with Crippen LogP contribution in [0.4, 0.5) is 9.59 Å². The van der Waals surface area contributed by atoms with Gasteiger partial charge < -0.3 is 26.2 Å². The van der Waals surface area contributed by atoms with Gasteiger partial charge in [-0.1, -0.05) is 23.5 Å². The molecule has 0 aliphatic carbocycles. The largest absolute Gasteiger partial charge is 0.396 e. The van der Waals surface area contributed by atoms with E-state index in [-0.39, 0.29) is 23.7 Å². The fraction of sp³-hybridized carbons (Fsp3) is 0.824. The molecule has 36 heavy (non-hydrogen) atoms. The minimum absolute atomic E-state index is 0.00918. The molecule has 0 aromatic rings. The Morgan fingerprint density at radius 3 is 2.08 bits per heavy atom. The van der Waals surface area contributed by atoms with Crippen molar-refractivity contribution in [2.45, 2.75) is 0 Å². The molecule has 19 heteroatoms. The van der Waals surface area contributed by atoms with Gasteiger partial charge in [0.05, 0.1) is 52.3 Å². The first-order valence-corrected chi connectivity index (χ1v) is 21.7. The molecule has 0 aromatic carbocycles. The van der Waals surface area contributed by atoms with E-state index in [4.69, 9.17) is 10.2 Å². The number of aliphatic hydroxyl groups is 2. The third-order valence-corrected chi connectivity index (χ3v) is 14.0. The predicted molar refractivity (Wildman–Crippen MR) is 178 cm³/mol. The summed E-state index contributed by atoms with van der Waals surface area (Å²) in [6.07, 6.45) is 0. The van der Waals surface area contributed by atoms with E-state index in [1.807, 2.05) is 0 Å². The van der Waals surface area contributed by atoms with Crippen LogP contribution < -0.4 is 16.0 Å². The summed E-state index contributed by atoms with van der Waals surface area (Å²) < 4.78 is 11.9. The van der Waals surface area contributed by atoms with Crippen LogP contribution in [0.3, 0.4) is 0 Å². The highest BCUT2D eigenvalue weighted by atomic mass is 32.3. The number of amides is 2. The maximum atomic E-state index is 11.9. The van der Waals surface area contributed by atoms with Crippen molar-refractivity contribution in [3.63, 3.8) is 0 Å². The smallest absolute Gasteiger partial charge is 0.280 e. The van der Waals surface area contributed by atoms with Gasteiger partial charge in [-0.25, -0.2) is 0 Å². The van der Waals surface area contributed by atoms with E-state index in [1.165, 1.54) is 17.3 Å². The number of thioether (sulfide) groups is 9. The monoisotopic (exact) mass is 694 g/mol. The van der Waals surface area contributed by atoms with Crippen LogP contribution in [0.5, 0.6) is 0 Å². The van der Waals surface area contributed by atoms with Crippen LogP contribution in [0, 0.1) is 0 Å². The Bertz CT molecular complexity index is 598. The van der Waals surface area contributed by atoms with Gasteiger partial charge in [0.2, 0.25) is 0 Å². The van der Waals surface area contributed by atoms with Crippen LogP contribution in [0.1, 0.15) is 0 Å². The minimum atomic E-state index is -1.08. The van der Waals surface area contributed by atoms with Gasteiger partial charge in [0.25, 0.3) is 10.5 Å². The van der Waals surface area contributed by atoms with Crippen molar-refractivity contribution in [1.29, 1.82) is 0 Å². The Hall–Kier alpha value is 1.79. The molecule has 1 unspecified atom stereocenters. The average molecular weight is 695 g/mol. The fourth-order valence-electron chi connectivity index (χ4n) is 1.56. The number of nitrogens with one attached hydrogen (secondary N) is 3. The van der Waals surface area contributed by atoms with Crippen LogP contribution in [-0.4, -0.2) is 110 Å². The lowest BCUT2D eigenvalue weighted by Crippen LogP contribution is -2.19. The molecule has 212 valence electrons. The van der Waals surface area contributed by atoms with Crippen LogP contribution in [-0.2, 0) is 10.8 Å². The van der Waals surface area contributed by atoms with Gasteiger partial charge in [0.1, 0.15) is 0 Å². The SMILES string of the molecule is O=C(NCSCSCN=CS(=O)CSCSCSCSC(=O)NCSCSCNCCO)SCCO. The molecule has 0 fully saturated rings. The summed E-state index contributed by atoms with van der Waals surface area (Å²) in [4.78, 5) is 27.2. The molecule has 5 N–H and O–H groups in total. The average Bonchev–Trinajstić information content (AvgIpc) is 2.87. The number of carbonyl (C=O) groups is 2. The van der Waals surface area contributed by atoms with E-state index >= 15 is 0 Å². The highest BCUT2D eigenvalue weighted by Gasteiger charge is 2.03. The second-order valence-electron chi connectivity index (χ2n) is 5.74. The van der Waals surface area contributed by atoms with E-state index in [0.717, 1.165) is 38.0 Å². The lowest BCUT2D eigenvalue weighted by atomic mass is 10.7. The Balaban J connectivity index is 3.38. The summed E-state index contributed by atoms with van der Waals surface area (Å²) in [5.74, 6) is 2.84. The summed E-state index contributed by atoms with van der Waals surface area (Å²) in [6, 6.07) is 0. The van der Waals surface area contributed by atoms with Gasteiger partial charge in [-0.15, -0.1) is 82.3 Å². The molecule has 0 saturated carbocycles. The van der Waals surface area contributed by atoms with E-state index in [1.54, 1.807) is 82.3 Å². The second-order valence-corrected chi connectivity index (χ2v) is 18.1. The van der Waals surface area contributed by atoms with Crippen molar-refractivity contribution >= 4 is 133 Å². The molecule has 9 nitrogen and oxygen atoms in total. The Morgan fingerprint density at radius 1 is 0.750 bits per heavy atom. The Kier molecular flexibility index (Phi) is 32.9. The molecule has 0 saturated heterocycles. The van der Waals surface area contributed by atoms with E-state index < -0.39 is 10.8 Å². The van der Waals surface area contributed by atoms with Crippen molar-refractivity contribution < 1.29 is 24.0 Å². The number of hydrogen-bond acceptors (Lipinski definition) is 16. The van der Waals surface area contributed by atoms with Crippen molar-refractivity contribution in [1.82, 2.24) is 16.0 Å². The first-order valence-electron chi connectivity index (χ1n) is 10.2. The van der Waals surface area contributed by atoms with E-state index in [0.29, 0.717) is 40.1 Å². The lowest BCUT2D eigenvalue weighted by molar-refractivity contribution is 0.261. The van der Waals surface area contributed by atoms with Crippen LogP contribution >= 0.6 is 106 Å². The zero-order chi connectivity index (χ0) is 26.5. The highest BCUT2D eigenvalue weighted by Crippen LogP contribution is 2.21. The third-order valence-electron chi connectivity index (χ3n) is 2.95. The lowest BCUT2D eigenvalue weighted by Gasteiger charge is -2.05. The zero-order valence-corrected chi connectivity index (χ0v) is 27.8. The number of aliphatic imine (C=N–C) groups is 1. The van der Waals surface area contributed by atoms with Crippen molar-refractivity contribution in [3.8, 4) is 0 Å². The van der Waals surface area contributed by atoms with Crippen molar-refractivity contribution in [2.75, 3.05) is 79.5 Å². The maximum absolute atomic E-state index is 11.9. The first kappa shape index (κ1) is 37.8. The highest BCUT2D eigenvalue weighted by molar-refractivity contribution is 8.29. The maximum Gasteiger partial charge on any atom is 0.280 e. The summed E-state index contributed by atoms with van der Waals surface area (Å²) in [5.41, 5.74) is 1.50. The normalized spacial score (nSPS) is 12.2. The van der Waals surface area contributed by atoms with Crippen molar-refractivity contribution in [3.05, 3.63) is 0 Å². The summed E-state index contributed by atoms with van der Waals surface area (Å²) in [6.45, 7) is 0.740. The molecule has 0 bridgehead atoms. The number of aliphatic hydroxyl groups excluding tert-OH is 2. The Labute approximate surface area is 255 Å². The standard InChI is InChI=1S/C17H34N4O5S10/c22-2-1-18-5-27-10-30-8-21-17(25)35-14-32-12-31-13-33-15-36(26)9-19-6-28-11-29-7-20-16(24)34-4-3-23/h9,18,22-23H,1-8,10-15H2,(H,20,24)(H,21,25). The molecule has 0 aliphatic rings. The second kappa shape index (κ2) is 31.3. The molecule has 1 atom stereocenters. The molecule has 0 radical (unpaired) electrons. The molecule has 0 rings (SSSR count). The molecule has 0 aromatic heterocycles. The fourth-order valence-corrected chi connectivity index (χ4v) is 11.1. The van der Waals surface area contributed by atoms with E-state index in [2.05, 4.69) is 20.9 Å². The molecular weight excluding hydrogens is 661 g/mol. The molecule has 2 amide bonds. The van der Waals surface area contributed by atoms with E-state index in [9.17, 15) is 13.8 Å². The van der Waals surface area contributed by atoms with Crippen LogP contribution in [0.15, 0.2) is 4.99 Å². The number of rotatable bonds is 25. The van der Waals surface area contributed by atoms with Gasteiger partial charge in [0.15, 0.2) is 0 Å². The van der Waals surface area contributed by atoms with Gasteiger partial charge >= 0.3 is 0 Å². The molecule has 0 spiro atoms. The number of hydrogen-bond donors (Lipinski definition) is 5. The van der Waals surface area contributed by atoms with Crippen LogP contribution in [0.2, 0.25) is 0 Å². The summed E-state index contributed by atoms with van der Waals surface area (Å²) in [5, 5.41) is 30.5. The summed E-state index contributed by atoms with van der Waals surface area (Å²) in [7, 11) is -1.08. The topological polar surface area (TPSA) is 140 Å². The summed E-state index contributed by atoms with van der Waals surface area (Å²) >= 11 is 13.9. The molecular formula is C17H34N4O5S10. The van der Waals surface area contributed by atoms with Gasteiger partial charge in [-0.2, -0.15) is 0 Å². The van der Waals surface area contributed by atoms with Gasteiger partial charge in [-0.3, -0.25) is 18.8 Å². The predicted octanol–water partition coefficient (Wildman–Crippen LogP) is 3.93. The van der Waals surface area contributed by atoms with Crippen LogP contribution in [0.25, 0.3) is 0 Å². The number of carbonyl (C=O) groups excluding carboxylic acids is 2. The number of nitrogens with zero attached hydrogens (tertiary/aromatic N) is 1. The quantitative estimate of drug-likeness (QED) is 0.0408. The van der Waals surface area contributed by atoms with Gasteiger partial charge in [0, 0.05) is 43.6 Å². The zero-order valence-electron chi connectivity index (χ0n) is 19.6. The first-order chi connectivity index (χ1) is 17.6. The molecule has 0 heterocycles. The molecule has 0 aliphatic heterocycles.